The van der Waals surface area contributed by atoms with Crippen molar-refractivity contribution in [1.29, 1.82) is 0 Å². The summed E-state index contributed by atoms with van der Waals surface area (Å²) in [4.78, 5) is 0. The van der Waals surface area contributed by atoms with Crippen LogP contribution in [-0.2, 0) is 10.8 Å². The van der Waals surface area contributed by atoms with Gasteiger partial charge in [-0.15, -0.1) is 0 Å². The summed E-state index contributed by atoms with van der Waals surface area (Å²) < 4.78 is 10.7. The second kappa shape index (κ2) is 5.30. The molecule has 0 saturated heterocycles. The number of ether oxygens (including phenoxy) is 2. The minimum Gasteiger partial charge on any atom is -0.497 e. The molecule has 2 nitrogen and oxygen atoms in total. The van der Waals surface area contributed by atoms with Crippen LogP contribution in [0.4, 0.5) is 0 Å². The number of hydrogen-bond donors (Lipinski definition) is 0. The second-order valence-corrected chi connectivity index (χ2v) is 6.97. The lowest BCUT2D eigenvalue weighted by Crippen LogP contribution is -2.54. The molecule has 2 aliphatic rings. The van der Waals surface area contributed by atoms with E-state index in [1.54, 1.807) is 14.2 Å². The van der Waals surface area contributed by atoms with Crippen LogP contribution in [-0.4, -0.2) is 14.2 Å². The first kappa shape index (κ1) is 14.6. The summed E-state index contributed by atoms with van der Waals surface area (Å²) in [6.45, 7) is 0. The Labute approximate surface area is 138 Å². The molecular weight excluding hydrogens is 284 g/mol. The molecule has 0 heterocycles. The van der Waals surface area contributed by atoms with E-state index in [1.807, 2.05) is 0 Å². The van der Waals surface area contributed by atoms with E-state index in [0.717, 1.165) is 11.5 Å². The van der Waals surface area contributed by atoms with Gasteiger partial charge in [0.1, 0.15) is 11.5 Å². The standard InChI is InChI=1S/C21H24O2/c1-22-18-8-4-16(5-9-18)20-12-3-13-21(20,15-14-20)17-6-10-19(23-2)11-7-17/h4-11H,3,12-15H2,1-2H3. The van der Waals surface area contributed by atoms with Gasteiger partial charge in [0.2, 0.25) is 0 Å². The summed E-state index contributed by atoms with van der Waals surface area (Å²) in [6.07, 6.45) is 6.51. The molecule has 4 rings (SSSR count). The molecule has 0 radical (unpaired) electrons. The van der Waals surface area contributed by atoms with Crippen LogP contribution in [0.5, 0.6) is 11.5 Å². The minimum absolute atomic E-state index is 0.313. The van der Waals surface area contributed by atoms with Crippen molar-refractivity contribution in [2.24, 2.45) is 0 Å². The van der Waals surface area contributed by atoms with Crippen molar-refractivity contribution in [2.45, 2.75) is 42.9 Å². The lowest BCUT2D eigenvalue weighted by atomic mass is 9.46. The monoisotopic (exact) mass is 308 g/mol. The van der Waals surface area contributed by atoms with Crippen LogP contribution in [0.2, 0.25) is 0 Å². The van der Waals surface area contributed by atoms with Gasteiger partial charge in [-0.3, -0.25) is 0 Å². The number of rotatable bonds is 4. The first-order valence-electron chi connectivity index (χ1n) is 8.53. The molecule has 2 aromatic rings. The Bertz CT molecular complexity index is 627. The van der Waals surface area contributed by atoms with E-state index in [1.165, 1.54) is 43.2 Å². The van der Waals surface area contributed by atoms with Crippen molar-refractivity contribution in [3.8, 4) is 11.5 Å². The Kier molecular flexibility index (Phi) is 3.37. The molecular formula is C21H24O2. The topological polar surface area (TPSA) is 18.5 Å². The molecule has 2 saturated carbocycles. The first-order valence-corrected chi connectivity index (χ1v) is 8.53. The van der Waals surface area contributed by atoms with E-state index in [4.69, 9.17) is 9.47 Å². The van der Waals surface area contributed by atoms with Crippen LogP contribution in [0.25, 0.3) is 0 Å². The Balaban J connectivity index is 1.74. The Morgan fingerprint density at radius 2 is 1.00 bits per heavy atom. The van der Waals surface area contributed by atoms with Crippen LogP contribution in [0.3, 0.4) is 0 Å². The van der Waals surface area contributed by atoms with Crippen molar-refractivity contribution in [2.75, 3.05) is 14.2 Å². The van der Waals surface area contributed by atoms with E-state index in [9.17, 15) is 0 Å². The van der Waals surface area contributed by atoms with Crippen LogP contribution >= 0.6 is 0 Å². The third-order valence-electron chi connectivity index (χ3n) is 6.39. The number of benzene rings is 2. The third-order valence-corrected chi connectivity index (χ3v) is 6.39. The van der Waals surface area contributed by atoms with Gasteiger partial charge in [0.15, 0.2) is 0 Å². The van der Waals surface area contributed by atoms with Gasteiger partial charge < -0.3 is 9.47 Å². The Morgan fingerprint density at radius 1 is 0.609 bits per heavy atom. The minimum atomic E-state index is 0.313. The predicted octanol–water partition coefficient (Wildman–Crippen LogP) is 4.86. The second-order valence-electron chi connectivity index (χ2n) is 6.97. The van der Waals surface area contributed by atoms with E-state index < -0.39 is 0 Å². The molecule has 0 bridgehead atoms. The highest BCUT2D eigenvalue weighted by Crippen LogP contribution is 2.67. The van der Waals surface area contributed by atoms with Gasteiger partial charge in [-0.2, -0.15) is 0 Å². The summed E-state index contributed by atoms with van der Waals surface area (Å²) in [7, 11) is 3.46. The fourth-order valence-corrected chi connectivity index (χ4v) is 5.10. The maximum absolute atomic E-state index is 5.33. The van der Waals surface area contributed by atoms with Gasteiger partial charge in [0.25, 0.3) is 0 Å². The molecule has 0 aliphatic heterocycles. The molecule has 120 valence electrons. The van der Waals surface area contributed by atoms with E-state index in [2.05, 4.69) is 48.5 Å². The number of methoxy groups -OCH3 is 2. The Hall–Kier alpha value is -1.96. The van der Waals surface area contributed by atoms with Crippen LogP contribution in [0.15, 0.2) is 48.5 Å². The zero-order chi connectivity index (χ0) is 15.9. The van der Waals surface area contributed by atoms with E-state index in [0.29, 0.717) is 10.8 Å². The maximum Gasteiger partial charge on any atom is 0.118 e. The largest absolute Gasteiger partial charge is 0.497 e. The summed E-state index contributed by atoms with van der Waals surface area (Å²) in [5.41, 5.74) is 3.59. The normalized spacial score (nSPS) is 28.8. The summed E-state index contributed by atoms with van der Waals surface area (Å²) in [6, 6.07) is 17.6. The van der Waals surface area contributed by atoms with Gasteiger partial charge in [0, 0.05) is 10.8 Å². The van der Waals surface area contributed by atoms with Crippen LogP contribution < -0.4 is 9.47 Å². The third kappa shape index (κ3) is 1.94. The van der Waals surface area contributed by atoms with Crippen LogP contribution in [0, 0.1) is 0 Å². The molecule has 2 unspecified atom stereocenters. The van der Waals surface area contributed by atoms with E-state index >= 15 is 0 Å². The first-order chi connectivity index (χ1) is 11.2. The smallest absolute Gasteiger partial charge is 0.118 e. The average Bonchev–Trinajstić information content (AvgIpc) is 2.87. The molecule has 0 spiro atoms. The summed E-state index contributed by atoms with van der Waals surface area (Å²) >= 11 is 0. The van der Waals surface area contributed by atoms with Gasteiger partial charge in [-0.05, 0) is 61.1 Å². The molecule has 2 heteroatoms. The zero-order valence-electron chi connectivity index (χ0n) is 14.0. The lowest BCUT2D eigenvalue weighted by molar-refractivity contribution is 0.107. The Morgan fingerprint density at radius 3 is 1.30 bits per heavy atom. The highest BCUT2D eigenvalue weighted by molar-refractivity contribution is 5.47. The van der Waals surface area contributed by atoms with Crippen molar-refractivity contribution in [3.05, 3.63) is 59.7 Å². The number of fused-ring (bicyclic) bond motifs is 1. The van der Waals surface area contributed by atoms with Gasteiger partial charge in [-0.25, -0.2) is 0 Å². The zero-order valence-corrected chi connectivity index (χ0v) is 14.0. The molecule has 2 aliphatic carbocycles. The van der Waals surface area contributed by atoms with Gasteiger partial charge in [0.05, 0.1) is 14.2 Å². The SMILES string of the molecule is COc1ccc(C23CCCC2(c2ccc(OC)cc2)CC3)cc1. The van der Waals surface area contributed by atoms with Crippen molar-refractivity contribution < 1.29 is 9.47 Å². The average molecular weight is 308 g/mol. The molecule has 0 N–H and O–H groups in total. The fraction of sp³-hybridized carbons (Fsp3) is 0.429. The fourth-order valence-electron chi connectivity index (χ4n) is 5.10. The molecule has 2 aromatic carbocycles. The lowest BCUT2D eigenvalue weighted by Gasteiger charge is -2.57. The molecule has 0 amide bonds. The van der Waals surface area contributed by atoms with Gasteiger partial charge in [-0.1, -0.05) is 30.7 Å². The van der Waals surface area contributed by atoms with Crippen molar-refractivity contribution >= 4 is 0 Å². The number of hydrogen-bond acceptors (Lipinski definition) is 2. The van der Waals surface area contributed by atoms with Crippen LogP contribution in [0.1, 0.15) is 43.2 Å². The molecule has 2 fully saturated rings. The molecule has 2 atom stereocenters. The quantitative estimate of drug-likeness (QED) is 0.803. The molecule has 0 aromatic heterocycles. The van der Waals surface area contributed by atoms with Gasteiger partial charge >= 0.3 is 0 Å². The molecule has 23 heavy (non-hydrogen) atoms. The summed E-state index contributed by atoms with van der Waals surface area (Å²) in [5.74, 6) is 1.88. The van der Waals surface area contributed by atoms with Crippen molar-refractivity contribution in [3.63, 3.8) is 0 Å². The van der Waals surface area contributed by atoms with Crippen molar-refractivity contribution in [1.82, 2.24) is 0 Å². The maximum atomic E-state index is 5.33. The predicted molar refractivity (Wildman–Crippen MR) is 92.4 cm³/mol. The highest BCUT2D eigenvalue weighted by Gasteiger charge is 2.62. The summed E-state index contributed by atoms with van der Waals surface area (Å²) in [5, 5.41) is 0. The highest BCUT2D eigenvalue weighted by atomic mass is 16.5. The van der Waals surface area contributed by atoms with E-state index in [-0.39, 0.29) is 0 Å².